The number of urea groups is 1. The second-order valence-electron chi connectivity index (χ2n) is 9.10. The fourth-order valence-corrected chi connectivity index (χ4v) is 5.15. The van der Waals surface area contributed by atoms with E-state index in [0.29, 0.717) is 16.0 Å². The molecule has 7 heteroatoms. The van der Waals surface area contributed by atoms with Gasteiger partial charge in [-0.05, 0) is 56.7 Å². The van der Waals surface area contributed by atoms with Gasteiger partial charge in [-0.15, -0.1) is 0 Å². The smallest absolute Gasteiger partial charge is 0.317 e. The molecule has 168 valence electrons. The minimum absolute atomic E-state index is 0.0165. The van der Waals surface area contributed by atoms with Gasteiger partial charge in [0.05, 0.1) is 15.7 Å². The lowest BCUT2D eigenvalue weighted by molar-refractivity contribution is 0.180. The van der Waals surface area contributed by atoms with Crippen molar-refractivity contribution in [3.05, 3.63) is 28.2 Å². The van der Waals surface area contributed by atoms with E-state index in [4.69, 9.17) is 23.2 Å². The SMILES string of the molecule is CC(NC(=O)N(C)C)C1CCC(CCN2CCN(c3cccc(Cl)c3Cl)CC2)CC1. The topological polar surface area (TPSA) is 38.8 Å². The molecular weight excluding hydrogens is 419 g/mol. The van der Waals surface area contributed by atoms with Crippen LogP contribution in [0.2, 0.25) is 10.0 Å². The summed E-state index contributed by atoms with van der Waals surface area (Å²) >= 11 is 12.6. The number of carbonyl (C=O) groups excluding carboxylic acids is 1. The van der Waals surface area contributed by atoms with Crippen molar-refractivity contribution in [1.29, 1.82) is 0 Å². The number of piperazine rings is 1. The summed E-state index contributed by atoms with van der Waals surface area (Å²) in [6.45, 7) is 7.47. The van der Waals surface area contributed by atoms with Crippen LogP contribution < -0.4 is 10.2 Å². The minimum atomic E-state index is 0.0165. The van der Waals surface area contributed by atoms with Crippen LogP contribution in [-0.2, 0) is 0 Å². The molecule has 0 radical (unpaired) electrons. The van der Waals surface area contributed by atoms with Gasteiger partial charge in [0.25, 0.3) is 0 Å². The molecule has 1 heterocycles. The highest BCUT2D eigenvalue weighted by Crippen LogP contribution is 2.34. The number of amides is 2. The lowest BCUT2D eigenvalue weighted by Crippen LogP contribution is -2.47. The Balaban J connectivity index is 1.36. The van der Waals surface area contributed by atoms with Crippen LogP contribution in [0.4, 0.5) is 10.5 Å². The molecule has 0 bridgehead atoms. The predicted octanol–water partition coefficient (Wildman–Crippen LogP) is 4.97. The van der Waals surface area contributed by atoms with Gasteiger partial charge < -0.3 is 15.1 Å². The molecule has 1 N–H and O–H groups in total. The molecular formula is C23H36Cl2N4O. The summed E-state index contributed by atoms with van der Waals surface area (Å²) in [5.74, 6) is 1.43. The summed E-state index contributed by atoms with van der Waals surface area (Å²) in [6.07, 6.45) is 6.29. The molecule has 2 fully saturated rings. The summed E-state index contributed by atoms with van der Waals surface area (Å²) in [4.78, 5) is 18.4. The van der Waals surface area contributed by atoms with E-state index in [1.54, 1.807) is 19.0 Å². The van der Waals surface area contributed by atoms with Crippen molar-refractivity contribution < 1.29 is 4.79 Å². The van der Waals surface area contributed by atoms with Crippen LogP contribution in [0.1, 0.15) is 39.0 Å². The van der Waals surface area contributed by atoms with Gasteiger partial charge >= 0.3 is 6.03 Å². The fourth-order valence-electron chi connectivity index (χ4n) is 4.73. The highest BCUT2D eigenvalue weighted by atomic mass is 35.5. The third-order valence-corrected chi connectivity index (χ3v) is 7.66. The first-order valence-electron chi connectivity index (χ1n) is 11.2. The van der Waals surface area contributed by atoms with E-state index in [1.165, 1.54) is 38.6 Å². The maximum atomic E-state index is 11.9. The molecule has 1 unspecified atom stereocenters. The summed E-state index contributed by atoms with van der Waals surface area (Å²) < 4.78 is 0. The van der Waals surface area contributed by atoms with Gasteiger partial charge in [0.1, 0.15) is 0 Å². The van der Waals surface area contributed by atoms with Gasteiger partial charge in [-0.2, -0.15) is 0 Å². The van der Waals surface area contributed by atoms with Crippen molar-refractivity contribution in [2.24, 2.45) is 11.8 Å². The molecule has 1 aromatic carbocycles. The summed E-state index contributed by atoms with van der Waals surface area (Å²) in [5, 5.41) is 4.42. The molecule has 3 rings (SSSR count). The number of nitrogens with zero attached hydrogens (tertiary/aromatic N) is 3. The van der Waals surface area contributed by atoms with E-state index in [9.17, 15) is 4.79 Å². The van der Waals surface area contributed by atoms with E-state index in [0.717, 1.165) is 37.8 Å². The van der Waals surface area contributed by atoms with Crippen LogP contribution >= 0.6 is 23.2 Å². The Morgan fingerprint density at radius 3 is 2.43 bits per heavy atom. The molecule has 0 aromatic heterocycles. The Kier molecular flexibility index (Phi) is 8.55. The monoisotopic (exact) mass is 454 g/mol. The molecule has 30 heavy (non-hydrogen) atoms. The molecule has 1 aromatic rings. The van der Waals surface area contributed by atoms with Gasteiger partial charge in [0, 0.05) is 46.3 Å². The first-order chi connectivity index (χ1) is 14.3. The number of rotatable bonds is 6. The van der Waals surface area contributed by atoms with Crippen LogP contribution in [0.3, 0.4) is 0 Å². The number of benzene rings is 1. The van der Waals surface area contributed by atoms with Crippen LogP contribution in [-0.4, -0.2) is 68.7 Å². The van der Waals surface area contributed by atoms with E-state index in [1.807, 2.05) is 12.1 Å². The normalized spacial score (nSPS) is 23.8. The highest BCUT2D eigenvalue weighted by Gasteiger charge is 2.27. The van der Waals surface area contributed by atoms with Gasteiger partial charge in [0.15, 0.2) is 0 Å². The zero-order chi connectivity index (χ0) is 21.7. The molecule has 0 spiro atoms. The zero-order valence-electron chi connectivity index (χ0n) is 18.5. The maximum absolute atomic E-state index is 11.9. The third-order valence-electron chi connectivity index (χ3n) is 6.85. The van der Waals surface area contributed by atoms with Crippen molar-refractivity contribution in [3.8, 4) is 0 Å². The van der Waals surface area contributed by atoms with Crippen molar-refractivity contribution in [2.75, 3.05) is 51.7 Å². The highest BCUT2D eigenvalue weighted by molar-refractivity contribution is 6.43. The average molecular weight is 455 g/mol. The Morgan fingerprint density at radius 2 is 1.80 bits per heavy atom. The van der Waals surface area contributed by atoms with E-state index < -0.39 is 0 Å². The van der Waals surface area contributed by atoms with E-state index >= 15 is 0 Å². The zero-order valence-corrected chi connectivity index (χ0v) is 20.1. The molecule has 2 amide bonds. The number of hydrogen-bond donors (Lipinski definition) is 1. The lowest BCUT2D eigenvalue weighted by Gasteiger charge is -2.38. The average Bonchev–Trinajstić information content (AvgIpc) is 2.75. The third kappa shape index (κ3) is 6.18. The quantitative estimate of drug-likeness (QED) is 0.658. The van der Waals surface area contributed by atoms with Crippen molar-refractivity contribution in [3.63, 3.8) is 0 Å². The fraction of sp³-hybridized carbons (Fsp3) is 0.696. The van der Waals surface area contributed by atoms with E-state index in [2.05, 4.69) is 28.1 Å². The molecule has 5 nitrogen and oxygen atoms in total. The van der Waals surface area contributed by atoms with Crippen LogP contribution in [0.5, 0.6) is 0 Å². The Hall–Kier alpha value is -1.17. The van der Waals surface area contributed by atoms with Gasteiger partial charge in [-0.25, -0.2) is 4.79 Å². The van der Waals surface area contributed by atoms with Gasteiger partial charge in [0.2, 0.25) is 0 Å². The van der Waals surface area contributed by atoms with E-state index in [-0.39, 0.29) is 12.1 Å². The molecule has 2 aliphatic rings. The largest absolute Gasteiger partial charge is 0.368 e. The summed E-state index contributed by atoms with van der Waals surface area (Å²) in [6, 6.07) is 6.15. The molecule has 1 aliphatic carbocycles. The van der Waals surface area contributed by atoms with Crippen molar-refractivity contribution in [2.45, 2.75) is 45.1 Å². The van der Waals surface area contributed by atoms with Crippen LogP contribution in [0, 0.1) is 11.8 Å². The van der Waals surface area contributed by atoms with Crippen LogP contribution in [0.15, 0.2) is 18.2 Å². The molecule has 1 atom stereocenters. The first-order valence-corrected chi connectivity index (χ1v) is 12.0. The molecule has 1 aliphatic heterocycles. The maximum Gasteiger partial charge on any atom is 0.317 e. The number of halogens is 2. The second kappa shape index (κ2) is 10.9. The molecule has 1 saturated heterocycles. The lowest BCUT2D eigenvalue weighted by atomic mass is 9.77. The van der Waals surface area contributed by atoms with Gasteiger partial charge in [-0.3, -0.25) is 4.90 Å². The van der Waals surface area contributed by atoms with Crippen molar-refractivity contribution >= 4 is 34.9 Å². The number of anilines is 1. The Bertz CT molecular complexity index is 698. The van der Waals surface area contributed by atoms with Gasteiger partial charge in [-0.1, -0.05) is 42.1 Å². The number of carbonyl (C=O) groups is 1. The Labute approximate surface area is 191 Å². The predicted molar refractivity (Wildman–Crippen MR) is 127 cm³/mol. The van der Waals surface area contributed by atoms with Crippen LogP contribution in [0.25, 0.3) is 0 Å². The van der Waals surface area contributed by atoms with Crippen molar-refractivity contribution in [1.82, 2.24) is 15.1 Å². The summed E-state index contributed by atoms with van der Waals surface area (Å²) in [7, 11) is 3.59. The summed E-state index contributed by atoms with van der Waals surface area (Å²) in [5.41, 5.74) is 1.05. The molecule has 1 saturated carbocycles. The standard InChI is InChI=1S/C23H36Cl2N4O/c1-17(26-23(30)27(2)3)19-9-7-18(8-10-19)11-12-28-13-15-29(16-14-28)21-6-4-5-20(24)22(21)25/h4-6,17-19H,7-16H2,1-3H3,(H,26,30). The number of nitrogens with one attached hydrogen (secondary N) is 1. The first kappa shape index (κ1) is 23.5. The number of hydrogen-bond acceptors (Lipinski definition) is 3. The Morgan fingerprint density at radius 1 is 1.13 bits per heavy atom. The minimum Gasteiger partial charge on any atom is -0.368 e. The second-order valence-corrected chi connectivity index (χ2v) is 9.89.